The molecule has 0 aliphatic carbocycles. The molecule has 0 aliphatic heterocycles. The zero-order chi connectivity index (χ0) is 11.4. The summed E-state index contributed by atoms with van der Waals surface area (Å²) in [7, 11) is 0. The van der Waals surface area contributed by atoms with E-state index in [9.17, 15) is 14.9 Å². The lowest BCUT2D eigenvalue weighted by Crippen LogP contribution is -2.22. The molecule has 1 atom stereocenters. The van der Waals surface area contributed by atoms with Gasteiger partial charge in [-0.1, -0.05) is 17.7 Å². The molecule has 7 heteroatoms. The van der Waals surface area contributed by atoms with Crippen molar-refractivity contribution < 1.29 is 14.8 Å². The summed E-state index contributed by atoms with van der Waals surface area (Å²) in [6.45, 7) is 0. The van der Waals surface area contributed by atoms with Crippen LogP contribution in [0.3, 0.4) is 0 Å². The first-order chi connectivity index (χ1) is 7.00. The predicted octanol–water partition coefficient (Wildman–Crippen LogP) is 1.66. The molecule has 1 unspecified atom stereocenters. The Balaban J connectivity index is 2.82. The van der Waals surface area contributed by atoms with Crippen molar-refractivity contribution in [2.75, 3.05) is 5.32 Å². The second kappa shape index (κ2) is 4.61. The van der Waals surface area contributed by atoms with E-state index in [0.29, 0.717) is 0 Å². The van der Waals surface area contributed by atoms with Crippen LogP contribution in [0.15, 0.2) is 24.3 Å². The molecular weight excluding hydrogens is 224 g/mol. The van der Waals surface area contributed by atoms with Crippen LogP contribution in [0.25, 0.3) is 0 Å². The number of nitrogens with zero attached hydrogens (tertiary/aromatic N) is 1. The van der Waals surface area contributed by atoms with Gasteiger partial charge in [-0.25, -0.2) is 4.79 Å². The second-order valence-electron chi connectivity index (χ2n) is 2.65. The second-order valence-corrected chi connectivity index (χ2v) is 3.09. The third kappa shape index (κ3) is 3.10. The van der Waals surface area contributed by atoms with Gasteiger partial charge in [0.05, 0.1) is 4.92 Å². The number of nitro groups is 1. The lowest BCUT2D eigenvalue weighted by Gasteiger charge is -2.07. The number of anilines is 1. The molecule has 1 aromatic rings. The van der Waals surface area contributed by atoms with Gasteiger partial charge in [-0.3, -0.25) is 10.1 Å². The Bertz CT molecular complexity index is 396. The molecule has 6 nitrogen and oxygen atoms in total. The molecule has 0 fully saturated rings. The summed E-state index contributed by atoms with van der Waals surface area (Å²) in [6.07, 6.45) is 0. The lowest BCUT2D eigenvalue weighted by atomic mass is 10.3. The Hall–Kier alpha value is -1.82. The maximum atomic E-state index is 10.4. The van der Waals surface area contributed by atoms with Gasteiger partial charge in [0.1, 0.15) is 0 Å². The predicted molar refractivity (Wildman–Crippen MR) is 54.0 cm³/mol. The highest BCUT2D eigenvalue weighted by molar-refractivity contribution is 6.30. The van der Waals surface area contributed by atoms with Gasteiger partial charge in [0, 0.05) is 17.8 Å². The van der Waals surface area contributed by atoms with Crippen molar-refractivity contribution in [3.05, 3.63) is 34.4 Å². The highest BCUT2D eigenvalue weighted by Gasteiger charge is 2.14. The van der Waals surface area contributed by atoms with E-state index in [1.807, 2.05) is 0 Å². The van der Waals surface area contributed by atoms with Crippen molar-refractivity contribution in [2.45, 2.75) is 5.50 Å². The molecule has 0 saturated carbocycles. The van der Waals surface area contributed by atoms with Crippen LogP contribution in [-0.2, 0) is 4.79 Å². The zero-order valence-corrected chi connectivity index (χ0v) is 8.14. The number of carboxylic acid groups (broad SMARTS) is 1. The van der Waals surface area contributed by atoms with Gasteiger partial charge in [-0.15, -0.1) is 0 Å². The Morgan fingerprint density at radius 3 is 2.80 bits per heavy atom. The minimum absolute atomic E-state index is 0.130. The van der Waals surface area contributed by atoms with Gasteiger partial charge in [0.2, 0.25) is 0 Å². The number of halogens is 1. The summed E-state index contributed by atoms with van der Waals surface area (Å²) >= 11 is 5.40. The molecule has 1 rings (SSSR count). The van der Waals surface area contributed by atoms with Gasteiger partial charge in [0.15, 0.2) is 5.50 Å². The molecule has 2 N–H and O–H groups in total. The van der Waals surface area contributed by atoms with Gasteiger partial charge in [0.25, 0.3) is 5.69 Å². The van der Waals surface area contributed by atoms with Crippen LogP contribution in [0.4, 0.5) is 11.4 Å². The number of nitrogens with one attached hydrogen (secondary N) is 1. The summed E-state index contributed by atoms with van der Waals surface area (Å²) in [4.78, 5) is 20.2. The highest BCUT2D eigenvalue weighted by Crippen LogP contribution is 2.18. The minimum atomic E-state index is -1.31. The number of carbonyl (C=O) groups is 1. The fourth-order valence-corrected chi connectivity index (χ4v) is 1.04. The molecule has 0 aromatic heterocycles. The zero-order valence-electron chi connectivity index (χ0n) is 7.38. The monoisotopic (exact) mass is 230 g/mol. The average Bonchev–Trinajstić information content (AvgIpc) is 2.18. The van der Waals surface area contributed by atoms with E-state index in [1.165, 1.54) is 24.3 Å². The van der Waals surface area contributed by atoms with Crippen LogP contribution < -0.4 is 5.32 Å². The fraction of sp³-hybridized carbons (Fsp3) is 0.125. The number of hydrogen-bond acceptors (Lipinski definition) is 4. The number of benzene rings is 1. The van der Waals surface area contributed by atoms with E-state index in [2.05, 4.69) is 5.32 Å². The van der Waals surface area contributed by atoms with E-state index in [-0.39, 0.29) is 11.4 Å². The first kappa shape index (κ1) is 11.3. The number of aliphatic carboxylic acids is 1. The number of hydrogen-bond donors (Lipinski definition) is 2. The summed E-state index contributed by atoms with van der Waals surface area (Å²) < 4.78 is 0. The molecule has 0 bridgehead atoms. The van der Waals surface area contributed by atoms with Crippen molar-refractivity contribution in [1.82, 2.24) is 0 Å². The fourth-order valence-electron chi connectivity index (χ4n) is 0.917. The lowest BCUT2D eigenvalue weighted by molar-refractivity contribution is -0.384. The smallest absolute Gasteiger partial charge is 0.341 e. The molecule has 0 amide bonds. The molecule has 0 radical (unpaired) electrons. The SMILES string of the molecule is O=C(O)C(Cl)Nc1cccc([N+](=O)[O-])c1. The standard InChI is InChI=1S/C8H7ClN2O4/c9-7(8(12)13)10-5-2-1-3-6(4-5)11(14)15/h1-4,7,10H,(H,12,13). The molecular formula is C8H7ClN2O4. The number of nitro benzene ring substituents is 1. The number of rotatable bonds is 4. The van der Waals surface area contributed by atoms with E-state index >= 15 is 0 Å². The molecule has 0 saturated heterocycles. The minimum Gasteiger partial charge on any atom is -0.479 e. The maximum absolute atomic E-state index is 10.4. The van der Waals surface area contributed by atoms with E-state index < -0.39 is 16.4 Å². The topological polar surface area (TPSA) is 92.5 Å². The maximum Gasteiger partial charge on any atom is 0.341 e. The average molecular weight is 231 g/mol. The third-order valence-electron chi connectivity index (χ3n) is 1.57. The van der Waals surface area contributed by atoms with Crippen LogP contribution in [0.1, 0.15) is 0 Å². The normalized spacial score (nSPS) is 11.8. The molecule has 1 aromatic carbocycles. The van der Waals surface area contributed by atoms with Crippen molar-refractivity contribution in [1.29, 1.82) is 0 Å². The number of non-ortho nitro benzene ring substituents is 1. The van der Waals surface area contributed by atoms with Gasteiger partial charge in [-0.05, 0) is 6.07 Å². The van der Waals surface area contributed by atoms with Crippen molar-refractivity contribution >= 4 is 28.9 Å². The Kier molecular flexibility index (Phi) is 3.46. The molecule has 0 aliphatic rings. The van der Waals surface area contributed by atoms with Crippen LogP contribution in [0, 0.1) is 10.1 Å². The van der Waals surface area contributed by atoms with Gasteiger partial charge < -0.3 is 10.4 Å². The molecule has 80 valence electrons. The van der Waals surface area contributed by atoms with Crippen LogP contribution in [0.5, 0.6) is 0 Å². The first-order valence-electron chi connectivity index (χ1n) is 3.88. The highest BCUT2D eigenvalue weighted by atomic mass is 35.5. The first-order valence-corrected chi connectivity index (χ1v) is 4.32. The largest absolute Gasteiger partial charge is 0.479 e. The van der Waals surface area contributed by atoms with Crippen molar-refractivity contribution in [3.8, 4) is 0 Å². The summed E-state index contributed by atoms with van der Waals surface area (Å²) in [5, 5.41) is 21.3. The number of alkyl halides is 1. The van der Waals surface area contributed by atoms with Crippen LogP contribution >= 0.6 is 11.6 Å². The quantitative estimate of drug-likeness (QED) is 0.355. The Morgan fingerprint density at radius 2 is 2.27 bits per heavy atom. The van der Waals surface area contributed by atoms with Gasteiger partial charge >= 0.3 is 5.97 Å². The van der Waals surface area contributed by atoms with E-state index in [1.54, 1.807) is 0 Å². The van der Waals surface area contributed by atoms with Crippen molar-refractivity contribution in [2.24, 2.45) is 0 Å². The summed E-state index contributed by atoms with van der Waals surface area (Å²) in [6, 6.07) is 5.44. The van der Waals surface area contributed by atoms with Crippen LogP contribution in [0.2, 0.25) is 0 Å². The molecule has 0 spiro atoms. The molecule has 15 heavy (non-hydrogen) atoms. The van der Waals surface area contributed by atoms with E-state index in [0.717, 1.165) is 0 Å². The summed E-state index contributed by atoms with van der Waals surface area (Å²) in [5.74, 6) is -1.25. The van der Waals surface area contributed by atoms with Crippen LogP contribution in [-0.4, -0.2) is 21.5 Å². The summed E-state index contributed by atoms with van der Waals surface area (Å²) in [5.41, 5.74) is -1.16. The Labute approximate surface area is 89.6 Å². The number of carboxylic acids is 1. The third-order valence-corrected chi connectivity index (χ3v) is 1.86. The van der Waals surface area contributed by atoms with Crippen molar-refractivity contribution in [3.63, 3.8) is 0 Å². The Morgan fingerprint density at radius 1 is 1.60 bits per heavy atom. The molecule has 0 heterocycles. The van der Waals surface area contributed by atoms with E-state index in [4.69, 9.17) is 16.7 Å². The van der Waals surface area contributed by atoms with Gasteiger partial charge in [-0.2, -0.15) is 0 Å².